The summed E-state index contributed by atoms with van der Waals surface area (Å²) in [6.07, 6.45) is -1.38. The molecule has 3 rings (SSSR count). The fraction of sp³-hybridized carbons (Fsp3) is 0.524. The molecule has 1 aromatic carbocycles. The van der Waals surface area contributed by atoms with Gasteiger partial charge in [0.25, 0.3) is 6.43 Å². The fourth-order valence-electron chi connectivity index (χ4n) is 3.51. The number of hydrogen-bond donors (Lipinski definition) is 1. The van der Waals surface area contributed by atoms with Gasteiger partial charge in [-0.2, -0.15) is 0 Å². The van der Waals surface area contributed by atoms with Crippen LogP contribution in [0.4, 0.5) is 20.2 Å². The minimum absolute atomic E-state index is 0.0123. The van der Waals surface area contributed by atoms with Crippen LogP contribution in [0.5, 0.6) is 0 Å². The van der Waals surface area contributed by atoms with E-state index in [0.29, 0.717) is 19.4 Å². The number of fused-ring (bicyclic) bond motifs is 1. The largest absolute Gasteiger partial charge is 0.366 e. The number of aromatic nitrogens is 1. The summed E-state index contributed by atoms with van der Waals surface area (Å²) in [4.78, 5) is 19.5. The van der Waals surface area contributed by atoms with Crippen LogP contribution >= 0.6 is 11.3 Å². The van der Waals surface area contributed by atoms with Crippen molar-refractivity contribution < 1.29 is 13.6 Å². The average Bonchev–Trinajstić information content (AvgIpc) is 3.00. The highest BCUT2D eigenvalue weighted by atomic mass is 32.1. The maximum Gasteiger partial charge on any atom is 0.289 e. The first-order chi connectivity index (χ1) is 13.0. The predicted molar refractivity (Wildman–Crippen MR) is 110 cm³/mol. The summed E-state index contributed by atoms with van der Waals surface area (Å²) in [6.45, 7) is 11.4. The quantitative estimate of drug-likeness (QED) is 0.714. The van der Waals surface area contributed by atoms with Gasteiger partial charge in [0, 0.05) is 35.6 Å². The molecule has 0 saturated heterocycles. The van der Waals surface area contributed by atoms with E-state index in [1.165, 1.54) is 0 Å². The van der Waals surface area contributed by atoms with Crippen molar-refractivity contribution in [1.29, 1.82) is 0 Å². The molecule has 0 saturated carbocycles. The lowest BCUT2D eigenvalue weighted by Crippen LogP contribution is -2.30. The molecule has 1 aliphatic heterocycles. The first kappa shape index (κ1) is 20.7. The Morgan fingerprint density at radius 1 is 1.29 bits per heavy atom. The molecule has 28 heavy (non-hydrogen) atoms. The number of halogens is 2. The molecular weight excluding hydrogens is 380 g/mol. The minimum Gasteiger partial charge on any atom is -0.366 e. The van der Waals surface area contributed by atoms with Crippen LogP contribution in [0.15, 0.2) is 12.1 Å². The summed E-state index contributed by atoms with van der Waals surface area (Å²) in [5, 5.41) is 2.96. The van der Waals surface area contributed by atoms with Crippen LogP contribution in [0.3, 0.4) is 0 Å². The zero-order valence-corrected chi connectivity index (χ0v) is 17.8. The summed E-state index contributed by atoms with van der Waals surface area (Å²) >= 11 is 1.11. The number of carbonyl (C=O) groups excluding carboxylic acids is 1. The second-order valence-corrected chi connectivity index (χ2v) is 9.75. The molecular formula is C21H27F2N3OS. The van der Waals surface area contributed by atoms with E-state index in [4.69, 9.17) is 0 Å². The summed E-state index contributed by atoms with van der Waals surface area (Å²) in [7, 11) is 0. The van der Waals surface area contributed by atoms with Gasteiger partial charge in [0.05, 0.1) is 12.2 Å². The van der Waals surface area contributed by atoms with Gasteiger partial charge in [-0.3, -0.25) is 4.79 Å². The number of thiazole rings is 1. The topological polar surface area (TPSA) is 45.2 Å². The Balaban J connectivity index is 1.78. The molecule has 0 aliphatic carbocycles. The Morgan fingerprint density at radius 3 is 2.50 bits per heavy atom. The lowest BCUT2D eigenvalue weighted by molar-refractivity contribution is -0.117. The molecule has 152 valence electrons. The van der Waals surface area contributed by atoms with Gasteiger partial charge in [-0.05, 0) is 42.5 Å². The molecule has 0 unspecified atom stereocenters. The molecule has 0 atom stereocenters. The number of amides is 1. The lowest BCUT2D eigenvalue weighted by atomic mass is 9.92. The van der Waals surface area contributed by atoms with E-state index in [1.807, 2.05) is 34.6 Å². The van der Waals surface area contributed by atoms with Gasteiger partial charge in [0.1, 0.15) is 0 Å². The number of hydrogen-bond acceptors (Lipinski definition) is 4. The van der Waals surface area contributed by atoms with Crippen molar-refractivity contribution in [3.05, 3.63) is 38.8 Å². The number of rotatable bonds is 4. The van der Waals surface area contributed by atoms with Gasteiger partial charge in [0.15, 0.2) is 5.01 Å². The third-order valence-corrected chi connectivity index (χ3v) is 5.86. The maximum atomic E-state index is 12.9. The first-order valence-corrected chi connectivity index (χ1v) is 10.3. The molecule has 7 heteroatoms. The highest BCUT2D eigenvalue weighted by Crippen LogP contribution is 2.34. The third-order valence-electron chi connectivity index (χ3n) is 4.77. The van der Waals surface area contributed by atoms with Crippen LogP contribution in [-0.4, -0.2) is 17.4 Å². The van der Waals surface area contributed by atoms with Crippen LogP contribution in [0.25, 0.3) is 0 Å². The Morgan fingerprint density at radius 2 is 1.93 bits per heavy atom. The second-order valence-electron chi connectivity index (χ2n) is 8.63. The maximum absolute atomic E-state index is 12.9. The normalized spacial score (nSPS) is 14.4. The second kappa shape index (κ2) is 7.78. The van der Waals surface area contributed by atoms with Crippen LogP contribution < -0.4 is 10.2 Å². The lowest BCUT2D eigenvalue weighted by Gasteiger charge is -2.29. The number of alkyl halides is 2. The molecule has 0 bridgehead atoms. The number of anilines is 2. The Labute approximate surface area is 169 Å². The van der Waals surface area contributed by atoms with Gasteiger partial charge < -0.3 is 10.2 Å². The van der Waals surface area contributed by atoms with E-state index in [1.54, 1.807) is 0 Å². The number of nitrogens with one attached hydrogen (secondary N) is 1. The van der Waals surface area contributed by atoms with E-state index in [-0.39, 0.29) is 16.3 Å². The van der Waals surface area contributed by atoms with Crippen LogP contribution in [0.2, 0.25) is 0 Å². The van der Waals surface area contributed by atoms with E-state index in [0.717, 1.165) is 51.0 Å². The highest BCUT2D eigenvalue weighted by molar-refractivity contribution is 7.11. The highest BCUT2D eigenvalue weighted by Gasteiger charge is 2.25. The molecule has 2 heterocycles. The van der Waals surface area contributed by atoms with Gasteiger partial charge in [-0.1, -0.05) is 20.8 Å². The summed E-state index contributed by atoms with van der Waals surface area (Å²) in [5.74, 6) is 0.0123. The average molecular weight is 408 g/mol. The standard InChI is InChI=1S/C21H27F2N3OS/c1-12-8-14(9-13(2)18(12)25-17(27)10-21(3,4)5)26-7-6-15-16(11-26)28-20(24-15)19(22)23/h8-9,19H,6-7,10-11H2,1-5H3,(H,25,27). The van der Waals surface area contributed by atoms with Crippen LogP contribution in [0.1, 0.15) is 60.3 Å². The Bertz CT molecular complexity index is 863. The Kier molecular flexibility index (Phi) is 5.75. The van der Waals surface area contributed by atoms with Crippen molar-refractivity contribution in [2.75, 3.05) is 16.8 Å². The number of benzene rings is 1. The number of nitrogens with zero attached hydrogens (tertiary/aromatic N) is 2. The zero-order valence-electron chi connectivity index (χ0n) is 17.0. The van der Waals surface area contributed by atoms with E-state index < -0.39 is 6.43 Å². The summed E-state index contributed by atoms with van der Waals surface area (Å²) in [6, 6.07) is 4.11. The van der Waals surface area contributed by atoms with Gasteiger partial charge in [-0.15, -0.1) is 11.3 Å². The molecule has 2 aromatic rings. The van der Waals surface area contributed by atoms with Gasteiger partial charge >= 0.3 is 0 Å². The van der Waals surface area contributed by atoms with Crippen molar-refractivity contribution in [3.63, 3.8) is 0 Å². The predicted octanol–water partition coefficient (Wildman–Crippen LogP) is 5.63. The molecule has 1 aliphatic rings. The first-order valence-electron chi connectivity index (χ1n) is 9.46. The monoisotopic (exact) mass is 407 g/mol. The van der Waals surface area contributed by atoms with E-state index >= 15 is 0 Å². The molecule has 0 radical (unpaired) electrons. The fourth-order valence-corrected chi connectivity index (χ4v) is 4.50. The van der Waals surface area contributed by atoms with Crippen molar-refractivity contribution in [3.8, 4) is 0 Å². The molecule has 0 spiro atoms. The minimum atomic E-state index is -2.51. The molecule has 1 amide bonds. The van der Waals surface area contributed by atoms with Gasteiger partial charge in [-0.25, -0.2) is 13.8 Å². The van der Waals surface area contributed by atoms with E-state index in [9.17, 15) is 13.6 Å². The Hall–Kier alpha value is -2.02. The van der Waals surface area contributed by atoms with Crippen molar-refractivity contribution in [1.82, 2.24) is 4.98 Å². The summed E-state index contributed by atoms with van der Waals surface area (Å²) in [5.41, 5.74) is 4.63. The van der Waals surface area contributed by atoms with Crippen molar-refractivity contribution in [2.24, 2.45) is 5.41 Å². The van der Waals surface area contributed by atoms with Gasteiger partial charge in [0.2, 0.25) is 5.91 Å². The number of aryl methyl sites for hydroxylation is 2. The molecule has 4 nitrogen and oxygen atoms in total. The van der Waals surface area contributed by atoms with Crippen molar-refractivity contribution in [2.45, 2.75) is 60.4 Å². The molecule has 0 fully saturated rings. The zero-order chi connectivity index (χ0) is 20.6. The van der Waals surface area contributed by atoms with E-state index in [2.05, 4.69) is 27.3 Å². The molecule has 1 N–H and O–H groups in total. The smallest absolute Gasteiger partial charge is 0.289 e. The molecule has 1 aromatic heterocycles. The number of carbonyl (C=O) groups is 1. The van der Waals surface area contributed by atoms with Crippen molar-refractivity contribution >= 4 is 28.6 Å². The van der Waals surface area contributed by atoms with Crippen LogP contribution in [-0.2, 0) is 17.8 Å². The summed E-state index contributed by atoms with van der Waals surface area (Å²) < 4.78 is 25.9. The third kappa shape index (κ3) is 4.69. The SMILES string of the molecule is Cc1cc(N2CCc3nc(C(F)F)sc3C2)cc(C)c1NC(=O)CC(C)(C)C. The van der Waals surface area contributed by atoms with Crippen LogP contribution in [0, 0.1) is 19.3 Å².